The maximum absolute atomic E-state index is 12.8. The molecular weight excluding hydrogens is 298 g/mol. The summed E-state index contributed by atoms with van der Waals surface area (Å²) in [4.78, 5) is 15.9. The van der Waals surface area contributed by atoms with Crippen LogP contribution in [0, 0.1) is 0 Å². The van der Waals surface area contributed by atoms with Crippen LogP contribution in [0.5, 0.6) is 0 Å². The predicted octanol–water partition coefficient (Wildman–Crippen LogP) is 2.45. The van der Waals surface area contributed by atoms with Crippen LogP contribution in [0.1, 0.15) is 35.6 Å². The van der Waals surface area contributed by atoms with Gasteiger partial charge in [0.25, 0.3) is 5.91 Å². The van der Waals surface area contributed by atoms with E-state index < -0.39 is 0 Å². The van der Waals surface area contributed by atoms with Crippen LogP contribution in [0.15, 0.2) is 17.1 Å². The quantitative estimate of drug-likeness (QED) is 0.798. The summed E-state index contributed by atoms with van der Waals surface area (Å²) in [6.07, 6.45) is 4.23. The molecule has 118 valence electrons. The highest BCUT2D eigenvalue weighted by molar-refractivity contribution is 8.03. The standard InChI is InChI=1S/C16H21N3O2S/c1-4-11-13(5-2)22-10-12-14(17-18(3)15(11)12)16(20)19-6-8-21-9-7-19/h4-5H,6-10H2,1-3H3/b11-4+,13-5+. The molecule has 6 heteroatoms. The smallest absolute Gasteiger partial charge is 0.274 e. The maximum atomic E-state index is 12.8. The number of morpholine rings is 1. The molecule has 1 aromatic rings. The first kappa shape index (κ1) is 15.4. The maximum Gasteiger partial charge on any atom is 0.274 e. The van der Waals surface area contributed by atoms with Crippen LogP contribution >= 0.6 is 11.8 Å². The van der Waals surface area contributed by atoms with Gasteiger partial charge in [0.05, 0.1) is 18.9 Å². The van der Waals surface area contributed by atoms with Crippen molar-refractivity contribution in [1.82, 2.24) is 14.7 Å². The van der Waals surface area contributed by atoms with E-state index in [9.17, 15) is 4.79 Å². The zero-order valence-corrected chi connectivity index (χ0v) is 14.1. The molecule has 1 amide bonds. The van der Waals surface area contributed by atoms with Crippen LogP contribution < -0.4 is 0 Å². The SMILES string of the molecule is C/C=C1\C(=C/C)SCc2c(C(=O)N3CCOCC3)nn(C)c21. The average Bonchev–Trinajstić information content (AvgIpc) is 2.91. The second-order valence-electron chi connectivity index (χ2n) is 5.35. The number of carbonyl (C=O) groups excluding carboxylic acids is 1. The van der Waals surface area contributed by atoms with Gasteiger partial charge in [-0.15, -0.1) is 11.8 Å². The number of carbonyl (C=O) groups is 1. The lowest BCUT2D eigenvalue weighted by Crippen LogP contribution is -2.41. The number of allylic oxidation sites excluding steroid dienone is 3. The number of thioether (sulfide) groups is 1. The molecule has 5 nitrogen and oxygen atoms in total. The Labute approximate surface area is 135 Å². The summed E-state index contributed by atoms with van der Waals surface area (Å²) < 4.78 is 7.18. The predicted molar refractivity (Wildman–Crippen MR) is 88.6 cm³/mol. The van der Waals surface area contributed by atoms with Crippen molar-refractivity contribution in [2.45, 2.75) is 19.6 Å². The van der Waals surface area contributed by atoms with Crippen molar-refractivity contribution in [2.24, 2.45) is 7.05 Å². The van der Waals surface area contributed by atoms with E-state index in [1.54, 1.807) is 11.8 Å². The lowest BCUT2D eigenvalue weighted by Gasteiger charge is -2.26. The molecule has 0 atom stereocenters. The largest absolute Gasteiger partial charge is 0.378 e. The van der Waals surface area contributed by atoms with Crippen molar-refractivity contribution in [3.63, 3.8) is 0 Å². The van der Waals surface area contributed by atoms with Gasteiger partial charge in [-0.2, -0.15) is 5.10 Å². The van der Waals surface area contributed by atoms with Crippen LogP contribution in [-0.2, 0) is 17.5 Å². The summed E-state index contributed by atoms with van der Waals surface area (Å²) in [5.74, 6) is 0.825. The zero-order chi connectivity index (χ0) is 15.7. The lowest BCUT2D eigenvalue weighted by molar-refractivity contribution is 0.0298. The van der Waals surface area contributed by atoms with E-state index >= 15 is 0 Å². The Morgan fingerprint density at radius 2 is 2.00 bits per heavy atom. The van der Waals surface area contributed by atoms with Crippen LogP contribution in [0.25, 0.3) is 5.57 Å². The monoisotopic (exact) mass is 319 g/mol. The second-order valence-corrected chi connectivity index (χ2v) is 6.37. The molecule has 0 aromatic carbocycles. The van der Waals surface area contributed by atoms with Crippen molar-refractivity contribution < 1.29 is 9.53 Å². The Bertz CT molecular complexity index is 655. The van der Waals surface area contributed by atoms with E-state index in [1.807, 2.05) is 30.5 Å². The van der Waals surface area contributed by atoms with Gasteiger partial charge in [-0.05, 0) is 13.8 Å². The van der Waals surface area contributed by atoms with Crippen LogP contribution in [0.2, 0.25) is 0 Å². The molecule has 3 rings (SSSR count). The highest BCUT2D eigenvalue weighted by Gasteiger charge is 2.31. The Kier molecular flexibility index (Phi) is 4.40. The highest BCUT2D eigenvalue weighted by atomic mass is 32.2. The van der Waals surface area contributed by atoms with Gasteiger partial charge in [-0.25, -0.2) is 0 Å². The minimum absolute atomic E-state index is 0.0279. The molecule has 2 aliphatic rings. The third kappa shape index (κ3) is 2.50. The second kappa shape index (κ2) is 6.30. The number of rotatable bonds is 1. The van der Waals surface area contributed by atoms with Crippen molar-refractivity contribution >= 4 is 23.2 Å². The van der Waals surface area contributed by atoms with Gasteiger partial charge in [-0.1, -0.05) is 12.2 Å². The van der Waals surface area contributed by atoms with E-state index in [1.165, 1.54) is 10.5 Å². The summed E-state index contributed by atoms with van der Waals surface area (Å²) in [6.45, 7) is 6.59. The number of aryl methyl sites for hydroxylation is 1. The third-order valence-corrected chi connectivity index (χ3v) is 5.29. The third-order valence-electron chi connectivity index (χ3n) is 4.09. The van der Waals surface area contributed by atoms with Crippen molar-refractivity contribution in [3.8, 4) is 0 Å². The van der Waals surface area contributed by atoms with Crippen molar-refractivity contribution in [2.75, 3.05) is 26.3 Å². The molecule has 0 aliphatic carbocycles. The number of amides is 1. The first-order chi connectivity index (χ1) is 10.7. The van der Waals surface area contributed by atoms with E-state index in [4.69, 9.17) is 4.74 Å². The van der Waals surface area contributed by atoms with Gasteiger partial charge in [0, 0.05) is 41.9 Å². The van der Waals surface area contributed by atoms with Crippen molar-refractivity contribution in [1.29, 1.82) is 0 Å². The summed E-state index contributed by atoms with van der Waals surface area (Å²) in [5, 5.41) is 4.54. The van der Waals surface area contributed by atoms with Gasteiger partial charge in [0.15, 0.2) is 5.69 Å². The van der Waals surface area contributed by atoms with Crippen LogP contribution in [-0.4, -0.2) is 46.9 Å². The Morgan fingerprint density at radius 1 is 1.27 bits per heavy atom. The molecule has 2 aliphatic heterocycles. The first-order valence-electron chi connectivity index (χ1n) is 7.56. The summed E-state index contributed by atoms with van der Waals surface area (Å²) in [5.41, 5.74) is 3.90. The van der Waals surface area contributed by atoms with E-state index in [-0.39, 0.29) is 5.91 Å². The number of hydrogen-bond donors (Lipinski definition) is 0. The zero-order valence-electron chi connectivity index (χ0n) is 13.3. The molecule has 0 N–H and O–H groups in total. The topological polar surface area (TPSA) is 47.4 Å². The number of fused-ring (bicyclic) bond motifs is 1. The molecule has 0 radical (unpaired) electrons. The highest BCUT2D eigenvalue weighted by Crippen LogP contribution is 2.42. The molecule has 1 fully saturated rings. The first-order valence-corrected chi connectivity index (χ1v) is 8.55. The summed E-state index contributed by atoms with van der Waals surface area (Å²) in [7, 11) is 1.92. The van der Waals surface area contributed by atoms with Gasteiger partial charge < -0.3 is 9.64 Å². The fourth-order valence-electron chi connectivity index (χ4n) is 2.99. The minimum atomic E-state index is 0.0279. The average molecular weight is 319 g/mol. The van der Waals surface area contributed by atoms with E-state index in [2.05, 4.69) is 17.3 Å². The Morgan fingerprint density at radius 3 is 2.64 bits per heavy atom. The Hall–Kier alpha value is -1.53. The normalized spacial score (nSPS) is 22.2. The number of ether oxygens (including phenoxy) is 1. The number of hydrogen-bond acceptors (Lipinski definition) is 4. The number of aromatic nitrogens is 2. The molecule has 0 unspecified atom stereocenters. The summed E-state index contributed by atoms with van der Waals surface area (Å²) in [6, 6.07) is 0. The molecule has 3 heterocycles. The lowest BCUT2D eigenvalue weighted by atomic mass is 10.0. The molecule has 1 saturated heterocycles. The van der Waals surface area contributed by atoms with Crippen molar-refractivity contribution in [3.05, 3.63) is 34.0 Å². The molecule has 22 heavy (non-hydrogen) atoms. The fourth-order valence-corrected chi connectivity index (χ4v) is 4.10. The molecular formula is C16H21N3O2S. The molecule has 0 spiro atoms. The molecule has 1 aromatic heterocycles. The summed E-state index contributed by atoms with van der Waals surface area (Å²) >= 11 is 1.77. The van der Waals surface area contributed by atoms with Crippen LogP contribution in [0.3, 0.4) is 0 Å². The van der Waals surface area contributed by atoms with Gasteiger partial charge >= 0.3 is 0 Å². The van der Waals surface area contributed by atoms with Crippen LogP contribution in [0.4, 0.5) is 0 Å². The fraction of sp³-hybridized carbons (Fsp3) is 0.500. The minimum Gasteiger partial charge on any atom is -0.378 e. The van der Waals surface area contributed by atoms with E-state index in [0.29, 0.717) is 32.0 Å². The van der Waals surface area contributed by atoms with Gasteiger partial charge in [0.1, 0.15) is 0 Å². The molecule has 0 bridgehead atoms. The number of nitrogens with zero attached hydrogens (tertiary/aromatic N) is 3. The van der Waals surface area contributed by atoms with E-state index in [0.717, 1.165) is 17.0 Å². The van der Waals surface area contributed by atoms with Gasteiger partial charge in [-0.3, -0.25) is 9.48 Å². The molecule has 0 saturated carbocycles. The van der Waals surface area contributed by atoms with Gasteiger partial charge in [0.2, 0.25) is 0 Å². The Balaban J connectivity index is 2.01.